The molecule has 2 nitrogen and oxygen atoms in total. The van der Waals surface area contributed by atoms with E-state index in [1.54, 1.807) is 11.1 Å². The Kier molecular flexibility index (Phi) is 15.4. The van der Waals surface area contributed by atoms with Crippen LogP contribution in [0.2, 0.25) is 0 Å². The summed E-state index contributed by atoms with van der Waals surface area (Å²) in [6, 6.07) is 83.2. The summed E-state index contributed by atoms with van der Waals surface area (Å²) in [7, 11) is 0. The number of anilines is 3. The number of hydrogen-bond donors (Lipinski definition) is 0. The second-order valence-corrected chi connectivity index (χ2v) is 25.2. The number of benzene rings is 10. The van der Waals surface area contributed by atoms with Gasteiger partial charge < -0.3 is 9.47 Å². The van der Waals surface area contributed by atoms with Crippen molar-refractivity contribution in [3.8, 4) is 61.3 Å². The molecule has 0 fully saturated rings. The molecule has 0 amide bonds. The molecule has 0 unspecified atom stereocenters. The van der Waals surface area contributed by atoms with Crippen LogP contribution in [-0.4, -0.2) is 4.57 Å². The van der Waals surface area contributed by atoms with Crippen molar-refractivity contribution in [3.05, 3.63) is 252 Å². The van der Waals surface area contributed by atoms with Gasteiger partial charge in [-0.1, -0.05) is 261 Å². The van der Waals surface area contributed by atoms with Gasteiger partial charge in [0.15, 0.2) is 0 Å². The first-order valence-electron chi connectivity index (χ1n) is 31.9. The van der Waals surface area contributed by atoms with Gasteiger partial charge in [-0.05, 0) is 172 Å². The zero-order valence-electron chi connectivity index (χ0n) is 50.6. The van der Waals surface area contributed by atoms with E-state index in [0.29, 0.717) is 0 Å². The van der Waals surface area contributed by atoms with Crippen LogP contribution in [-0.2, 0) is 10.8 Å². The van der Waals surface area contributed by atoms with Gasteiger partial charge >= 0.3 is 0 Å². The fourth-order valence-corrected chi connectivity index (χ4v) is 14.9. The highest BCUT2D eigenvalue weighted by molar-refractivity contribution is 6.11. The summed E-state index contributed by atoms with van der Waals surface area (Å²) in [5.41, 5.74) is 28.5. The molecule has 2 heteroatoms. The number of rotatable bonds is 21. The third-order valence-electron chi connectivity index (χ3n) is 19.3. The quantitative estimate of drug-likeness (QED) is 0.0651. The lowest BCUT2D eigenvalue weighted by Crippen LogP contribution is -2.25. The average Bonchev–Trinajstić information content (AvgIpc) is 2.50. The first kappa shape index (κ1) is 55.0. The predicted octanol–water partition coefficient (Wildman–Crippen LogP) is 23.9. The molecule has 84 heavy (non-hydrogen) atoms. The van der Waals surface area contributed by atoms with Crippen LogP contribution in [0.4, 0.5) is 17.1 Å². The van der Waals surface area contributed by atoms with E-state index in [2.05, 4.69) is 269 Å². The molecule has 2 aliphatic rings. The summed E-state index contributed by atoms with van der Waals surface area (Å²) in [5, 5.41) is 2.59. The van der Waals surface area contributed by atoms with Gasteiger partial charge in [0, 0.05) is 44.2 Å². The Morgan fingerprint density at radius 1 is 0.345 bits per heavy atom. The first-order chi connectivity index (χ1) is 41.1. The third-order valence-corrected chi connectivity index (χ3v) is 19.3. The molecule has 1 heterocycles. The Hall–Kier alpha value is -8.20. The van der Waals surface area contributed by atoms with E-state index in [9.17, 15) is 0 Å². The summed E-state index contributed by atoms with van der Waals surface area (Å²) in [6.45, 7) is 13.9. The molecule has 0 radical (unpaired) electrons. The number of aryl methyl sites for hydroxylation is 2. The lowest BCUT2D eigenvalue weighted by Gasteiger charge is -2.33. The van der Waals surface area contributed by atoms with Gasteiger partial charge in [-0.2, -0.15) is 0 Å². The largest absolute Gasteiger partial charge is 0.310 e. The van der Waals surface area contributed by atoms with Crippen molar-refractivity contribution in [3.63, 3.8) is 0 Å². The molecule has 0 bridgehead atoms. The molecule has 11 aromatic rings. The number of hydrogen-bond acceptors (Lipinski definition) is 1. The van der Waals surface area contributed by atoms with Crippen LogP contribution < -0.4 is 4.90 Å². The van der Waals surface area contributed by atoms with Gasteiger partial charge in [0.1, 0.15) is 0 Å². The zero-order chi connectivity index (χ0) is 57.4. The number of fused-ring (bicyclic) bond motifs is 9. The minimum Gasteiger partial charge on any atom is -0.310 e. The molecule has 0 saturated carbocycles. The van der Waals surface area contributed by atoms with Crippen LogP contribution in [0.1, 0.15) is 151 Å². The Morgan fingerprint density at radius 2 is 0.833 bits per heavy atom. The maximum Gasteiger partial charge on any atom is 0.0541 e. The molecule has 0 atom stereocenters. The molecule has 0 saturated heterocycles. The summed E-state index contributed by atoms with van der Waals surface area (Å²) in [5.74, 6) is 0. The molecule has 10 aromatic carbocycles. The van der Waals surface area contributed by atoms with Crippen molar-refractivity contribution >= 4 is 38.9 Å². The van der Waals surface area contributed by atoms with Crippen molar-refractivity contribution in [2.45, 2.75) is 142 Å². The summed E-state index contributed by atoms with van der Waals surface area (Å²) in [4.78, 5) is 2.45. The minimum absolute atomic E-state index is 0.0386. The Morgan fingerprint density at radius 3 is 1.55 bits per heavy atom. The van der Waals surface area contributed by atoms with E-state index in [4.69, 9.17) is 0 Å². The highest BCUT2D eigenvalue weighted by atomic mass is 15.1. The SMILES string of the molecule is CCCCCCCCC1(CCCCCCCC)c2cc(C)ccc2-c2ccc(-c3ccc4c(c3)c3cc(C)ccc3n4-c3ccc(-c4ccc(N(c5ccc6c(c5)C(C)(C)c5ccccc5-6)c5ccccc5-c5ccccc5)cc4)cc3)cc21. The number of aromatic nitrogens is 1. The second kappa shape index (κ2) is 23.5. The lowest BCUT2D eigenvalue weighted by molar-refractivity contribution is 0.398. The average molecular weight is 1100 g/mol. The summed E-state index contributed by atoms with van der Waals surface area (Å²) in [6.07, 6.45) is 18.3. The molecule has 0 N–H and O–H groups in total. The van der Waals surface area contributed by atoms with Crippen LogP contribution in [0.3, 0.4) is 0 Å². The van der Waals surface area contributed by atoms with Crippen molar-refractivity contribution in [2.24, 2.45) is 0 Å². The van der Waals surface area contributed by atoms with E-state index < -0.39 is 0 Å². The summed E-state index contributed by atoms with van der Waals surface area (Å²) >= 11 is 0. The topological polar surface area (TPSA) is 8.17 Å². The van der Waals surface area contributed by atoms with Crippen LogP contribution in [0.25, 0.3) is 83.1 Å². The number of nitrogens with zero attached hydrogens (tertiary/aromatic N) is 2. The number of unbranched alkanes of at least 4 members (excludes halogenated alkanes) is 10. The fraction of sp³-hybridized carbons (Fsp3) is 0.268. The van der Waals surface area contributed by atoms with E-state index in [0.717, 1.165) is 22.7 Å². The van der Waals surface area contributed by atoms with Gasteiger partial charge in [0.25, 0.3) is 0 Å². The molecular formula is C82H82N2. The van der Waals surface area contributed by atoms with Gasteiger partial charge in [0.2, 0.25) is 0 Å². The van der Waals surface area contributed by atoms with E-state index in [-0.39, 0.29) is 10.8 Å². The minimum atomic E-state index is -0.118. The van der Waals surface area contributed by atoms with E-state index in [1.165, 1.54) is 190 Å². The third kappa shape index (κ3) is 10.1. The smallest absolute Gasteiger partial charge is 0.0541 e. The Labute approximate surface area is 500 Å². The maximum absolute atomic E-state index is 2.63. The first-order valence-corrected chi connectivity index (χ1v) is 31.9. The maximum atomic E-state index is 2.63. The predicted molar refractivity (Wildman–Crippen MR) is 361 cm³/mol. The number of para-hydroxylation sites is 1. The molecular weight excluding hydrogens is 1010 g/mol. The second-order valence-electron chi connectivity index (χ2n) is 25.2. The molecule has 13 rings (SSSR count). The fourth-order valence-electron chi connectivity index (χ4n) is 14.9. The zero-order valence-corrected chi connectivity index (χ0v) is 50.6. The van der Waals surface area contributed by atoms with Gasteiger partial charge in [-0.3, -0.25) is 0 Å². The normalized spacial score (nSPS) is 13.5. The molecule has 0 aliphatic heterocycles. The Bertz CT molecular complexity index is 4140. The van der Waals surface area contributed by atoms with Crippen molar-refractivity contribution < 1.29 is 0 Å². The summed E-state index contributed by atoms with van der Waals surface area (Å²) < 4.78 is 2.48. The highest BCUT2D eigenvalue weighted by Gasteiger charge is 2.43. The van der Waals surface area contributed by atoms with Gasteiger partial charge in [-0.25, -0.2) is 0 Å². The van der Waals surface area contributed by atoms with E-state index in [1.807, 2.05) is 0 Å². The standard InChI is InChI=1S/C82H82N2/c1-7-9-11-13-15-24-50-82(51-25-16-14-12-10-8-2)76-53-58(4)32-45-70(76)71-46-38-63(55-77(71)82)62-39-49-80-73(54-62)72-52-57(3)33-48-79(72)84(80)65-42-36-60(37-43-65)59-34-40-64(41-35-59)83(78-31-23-21-28-67(78)61-26-18-17-19-27-61)66-44-47-69-68-29-20-22-30-74(68)81(5,6)75(69)56-66/h17-23,26-49,52-56H,7-16,24-25,50-51H2,1-6H3. The van der Waals surface area contributed by atoms with Crippen LogP contribution in [0.15, 0.2) is 218 Å². The van der Waals surface area contributed by atoms with Gasteiger partial charge in [0.05, 0.1) is 16.7 Å². The molecule has 2 aliphatic carbocycles. The van der Waals surface area contributed by atoms with Gasteiger partial charge in [-0.15, -0.1) is 0 Å². The van der Waals surface area contributed by atoms with E-state index >= 15 is 0 Å². The van der Waals surface area contributed by atoms with Crippen molar-refractivity contribution in [1.82, 2.24) is 4.57 Å². The monoisotopic (exact) mass is 1090 g/mol. The Balaban J connectivity index is 0.833. The molecule has 0 spiro atoms. The van der Waals surface area contributed by atoms with Crippen LogP contribution >= 0.6 is 0 Å². The molecule has 1 aromatic heterocycles. The van der Waals surface area contributed by atoms with Crippen LogP contribution in [0, 0.1) is 13.8 Å². The van der Waals surface area contributed by atoms with Crippen molar-refractivity contribution in [1.29, 1.82) is 0 Å². The lowest BCUT2D eigenvalue weighted by atomic mass is 9.70. The molecule has 420 valence electrons. The highest BCUT2D eigenvalue weighted by Crippen LogP contribution is 2.56. The van der Waals surface area contributed by atoms with Crippen LogP contribution in [0.5, 0.6) is 0 Å². The van der Waals surface area contributed by atoms with Crippen molar-refractivity contribution in [2.75, 3.05) is 4.90 Å².